The molecule has 6 aromatic rings. The maximum Gasteiger partial charge on any atom is 0.210 e. The molecule has 170 valence electrons. The van der Waals surface area contributed by atoms with Gasteiger partial charge in [-0.15, -0.1) is 11.3 Å². The van der Waals surface area contributed by atoms with Gasteiger partial charge < -0.3 is 0 Å². The number of fused-ring (bicyclic) bond motifs is 3. The molecule has 0 N–H and O–H groups in total. The number of benzene rings is 4. The average Bonchev–Trinajstić information content (AvgIpc) is 3.49. The highest BCUT2D eigenvalue weighted by atomic mass is 32.2. The Bertz CT molecular complexity index is 1860. The van der Waals surface area contributed by atoms with E-state index in [0.29, 0.717) is 32.9 Å². The van der Waals surface area contributed by atoms with Crippen LogP contribution in [-0.4, -0.2) is 18.0 Å². The van der Waals surface area contributed by atoms with E-state index in [-0.39, 0.29) is 0 Å². The van der Waals surface area contributed by atoms with E-state index in [1.165, 1.54) is 15.0 Å². The molecule has 0 radical (unpaired) electrons. The minimum Gasteiger partial charge on any atom is -0.294 e. The minimum absolute atomic E-state index is 0.324. The first-order valence-corrected chi connectivity index (χ1v) is 13.8. The predicted molar refractivity (Wildman–Crippen MR) is 142 cm³/mol. The van der Waals surface area contributed by atoms with Gasteiger partial charge in [-0.1, -0.05) is 61.5 Å². The van der Waals surface area contributed by atoms with Gasteiger partial charge in [-0.2, -0.15) is 0 Å². The Morgan fingerprint density at radius 1 is 0.800 bits per heavy atom. The van der Waals surface area contributed by atoms with Crippen molar-refractivity contribution in [2.45, 2.75) is 23.1 Å². The second-order valence-corrected chi connectivity index (χ2v) is 11.7. The quantitative estimate of drug-likeness (QED) is 0.260. The van der Waals surface area contributed by atoms with Crippen molar-refractivity contribution in [1.82, 2.24) is 9.55 Å². The maximum absolute atomic E-state index is 13.6. The van der Waals surface area contributed by atoms with Crippen LogP contribution in [0.4, 0.5) is 0 Å². The number of aryl methyl sites for hydroxylation is 1. The number of hydrogen-bond acceptors (Lipinski definition) is 4. The summed E-state index contributed by atoms with van der Waals surface area (Å²) in [7, 11) is -3.66. The zero-order chi connectivity index (χ0) is 23.7. The molecule has 6 heteroatoms. The number of aromatic nitrogens is 2. The van der Waals surface area contributed by atoms with Crippen molar-refractivity contribution < 1.29 is 8.42 Å². The molecule has 1 aliphatic heterocycles. The van der Waals surface area contributed by atoms with Crippen molar-refractivity contribution in [1.29, 1.82) is 0 Å². The van der Waals surface area contributed by atoms with E-state index in [4.69, 9.17) is 4.98 Å². The van der Waals surface area contributed by atoms with Gasteiger partial charge in [-0.05, 0) is 58.5 Å². The van der Waals surface area contributed by atoms with Crippen LogP contribution in [0, 0.1) is 0 Å². The molecular weight excluding hydrogens is 472 g/mol. The maximum atomic E-state index is 13.6. The Morgan fingerprint density at radius 3 is 2.34 bits per heavy atom. The number of imidazole rings is 1. The van der Waals surface area contributed by atoms with Gasteiger partial charge in [0.15, 0.2) is 0 Å². The molecule has 2 aromatic heterocycles. The number of hydrogen-bond donors (Lipinski definition) is 0. The molecule has 7 rings (SSSR count). The van der Waals surface area contributed by atoms with Gasteiger partial charge in [0, 0.05) is 16.0 Å². The first kappa shape index (κ1) is 20.6. The molecule has 0 atom stereocenters. The fourth-order valence-electron chi connectivity index (χ4n) is 5.03. The second-order valence-electron chi connectivity index (χ2n) is 8.76. The van der Waals surface area contributed by atoms with Gasteiger partial charge in [-0.25, -0.2) is 13.4 Å². The fraction of sp³-hybridized carbons (Fsp3) is 0.0690. The number of para-hydroxylation sites is 1. The summed E-state index contributed by atoms with van der Waals surface area (Å²) >= 11 is 1.78. The Labute approximate surface area is 207 Å². The van der Waals surface area contributed by atoms with Crippen LogP contribution in [0.3, 0.4) is 0 Å². The molecule has 0 aliphatic carbocycles. The predicted octanol–water partition coefficient (Wildman–Crippen LogP) is 7.28. The van der Waals surface area contributed by atoms with Crippen LogP contribution in [0.2, 0.25) is 0 Å². The zero-order valence-corrected chi connectivity index (χ0v) is 20.5. The van der Waals surface area contributed by atoms with Crippen molar-refractivity contribution in [3.05, 3.63) is 96.8 Å². The summed E-state index contributed by atoms with van der Waals surface area (Å²) in [6, 6.07) is 30.0. The third-order valence-electron chi connectivity index (χ3n) is 6.72. The standard InChI is InChI=1S/C29H20N2O2S2/c1-2-28-30-22-15-21(17-27-29(22)31(28)23-8-4-6-10-26(23)35(27,32)33)18-11-13-19(14-12-18)25-16-20-7-3-5-9-24(20)34-25/h3-17H,2H2,1H3. The summed E-state index contributed by atoms with van der Waals surface area (Å²) in [4.78, 5) is 6.72. The largest absolute Gasteiger partial charge is 0.294 e. The highest BCUT2D eigenvalue weighted by Crippen LogP contribution is 2.42. The summed E-state index contributed by atoms with van der Waals surface area (Å²) in [5.41, 5.74) is 5.03. The van der Waals surface area contributed by atoms with Crippen LogP contribution < -0.4 is 0 Å². The Morgan fingerprint density at radius 2 is 1.54 bits per heavy atom. The third kappa shape index (κ3) is 2.97. The summed E-state index contributed by atoms with van der Waals surface area (Å²) in [6.07, 6.45) is 0.710. The summed E-state index contributed by atoms with van der Waals surface area (Å²) in [5.74, 6) is 0.862. The summed E-state index contributed by atoms with van der Waals surface area (Å²) in [5, 5.41) is 1.24. The first-order chi connectivity index (χ1) is 17.0. The Kier molecular flexibility index (Phi) is 4.35. The molecule has 0 unspecified atom stereocenters. The van der Waals surface area contributed by atoms with Crippen LogP contribution in [0.15, 0.2) is 101 Å². The second kappa shape index (κ2) is 7.38. The number of sulfone groups is 1. The van der Waals surface area contributed by atoms with E-state index in [0.717, 1.165) is 22.5 Å². The molecule has 0 saturated heterocycles. The highest BCUT2D eigenvalue weighted by Gasteiger charge is 2.33. The Balaban J connectivity index is 1.39. The van der Waals surface area contributed by atoms with Crippen LogP contribution in [-0.2, 0) is 16.3 Å². The molecule has 0 spiro atoms. The molecule has 4 nitrogen and oxygen atoms in total. The molecule has 3 heterocycles. The lowest BCUT2D eigenvalue weighted by Gasteiger charge is -2.21. The SMILES string of the molecule is CCc1nc2cc(-c3ccc(-c4cc5ccccc5s4)cc3)cc3c2n1-c1ccccc1S3(=O)=O. The minimum atomic E-state index is -3.66. The van der Waals surface area contributed by atoms with E-state index < -0.39 is 9.84 Å². The van der Waals surface area contributed by atoms with E-state index in [9.17, 15) is 8.42 Å². The van der Waals surface area contributed by atoms with Crippen molar-refractivity contribution >= 4 is 42.3 Å². The zero-order valence-electron chi connectivity index (χ0n) is 18.9. The highest BCUT2D eigenvalue weighted by molar-refractivity contribution is 7.92. The van der Waals surface area contributed by atoms with Gasteiger partial charge in [0.2, 0.25) is 9.84 Å². The molecule has 4 aromatic carbocycles. The lowest BCUT2D eigenvalue weighted by Crippen LogP contribution is -2.15. The van der Waals surface area contributed by atoms with Crippen molar-refractivity contribution in [3.8, 4) is 27.3 Å². The van der Waals surface area contributed by atoms with Gasteiger partial charge in [-0.3, -0.25) is 4.57 Å². The fourth-order valence-corrected chi connectivity index (χ4v) is 7.76. The number of nitrogens with zero attached hydrogens (tertiary/aromatic N) is 2. The summed E-state index contributed by atoms with van der Waals surface area (Å²) in [6.45, 7) is 2.05. The van der Waals surface area contributed by atoms with E-state index >= 15 is 0 Å². The van der Waals surface area contributed by atoms with Crippen LogP contribution >= 0.6 is 11.3 Å². The van der Waals surface area contributed by atoms with Crippen LogP contribution in [0.1, 0.15) is 12.7 Å². The monoisotopic (exact) mass is 492 g/mol. The summed E-state index contributed by atoms with van der Waals surface area (Å²) < 4.78 is 30.6. The van der Waals surface area contributed by atoms with Crippen LogP contribution in [0.25, 0.3) is 48.4 Å². The van der Waals surface area contributed by atoms with E-state index in [1.54, 1.807) is 29.5 Å². The normalized spacial score (nSPS) is 13.9. The molecule has 0 amide bonds. The van der Waals surface area contributed by atoms with Gasteiger partial charge in [0.1, 0.15) is 5.82 Å². The molecule has 0 saturated carbocycles. The Hall–Kier alpha value is -3.74. The lowest BCUT2D eigenvalue weighted by atomic mass is 10.0. The topological polar surface area (TPSA) is 52.0 Å². The van der Waals surface area contributed by atoms with Crippen LogP contribution in [0.5, 0.6) is 0 Å². The lowest BCUT2D eigenvalue weighted by molar-refractivity contribution is 0.594. The van der Waals surface area contributed by atoms with E-state index in [1.807, 2.05) is 29.7 Å². The molecule has 0 fully saturated rings. The van der Waals surface area contributed by atoms with Crippen molar-refractivity contribution in [3.63, 3.8) is 0 Å². The average molecular weight is 493 g/mol. The number of rotatable bonds is 3. The van der Waals surface area contributed by atoms with E-state index in [2.05, 4.69) is 54.6 Å². The van der Waals surface area contributed by atoms with Crippen molar-refractivity contribution in [2.24, 2.45) is 0 Å². The van der Waals surface area contributed by atoms with Gasteiger partial charge >= 0.3 is 0 Å². The smallest absolute Gasteiger partial charge is 0.210 e. The third-order valence-corrected chi connectivity index (χ3v) is 9.70. The molecule has 1 aliphatic rings. The van der Waals surface area contributed by atoms with Gasteiger partial charge in [0.25, 0.3) is 0 Å². The molecule has 0 bridgehead atoms. The molecule has 35 heavy (non-hydrogen) atoms. The number of thiophene rings is 1. The molecular formula is C29H20N2O2S2. The first-order valence-electron chi connectivity index (χ1n) is 11.5. The van der Waals surface area contributed by atoms with Crippen molar-refractivity contribution in [2.75, 3.05) is 0 Å². The van der Waals surface area contributed by atoms with Gasteiger partial charge in [0.05, 0.1) is 26.5 Å².